The zero-order chi connectivity index (χ0) is 22.5. The summed E-state index contributed by atoms with van der Waals surface area (Å²) >= 11 is 0. The van der Waals surface area contributed by atoms with Crippen molar-refractivity contribution in [1.82, 2.24) is 14.5 Å². The first-order valence-electron chi connectivity index (χ1n) is 10.8. The molecular formula is C25H27FN4O2. The number of hydrogen-bond donors (Lipinski definition) is 1. The van der Waals surface area contributed by atoms with E-state index in [1.165, 1.54) is 18.4 Å². The molecule has 0 saturated carbocycles. The van der Waals surface area contributed by atoms with Gasteiger partial charge in [0.15, 0.2) is 0 Å². The van der Waals surface area contributed by atoms with Gasteiger partial charge in [-0.1, -0.05) is 49.4 Å². The summed E-state index contributed by atoms with van der Waals surface area (Å²) in [7, 11) is 0. The van der Waals surface area contributed by atoms with Crippen molar-refractivity contribution in [3.8, 4) is 0 Å². The van der Waals surface area contributed by atoms with E-state index in [0.29, 0.717) is 49.5 Å². The van der Waals surface area contributed by atoms with E-state index in [1.54, 1.807) is 22.8 Å². The Morgan fingerprint density at radius 1 is 1.09 bits per heavy atom. The second-order valence-corrected chi connectivity index (χ2v) is 7.80. The Morgan fingerprint density at radius 2 is 1.84 bits per heavy atom. The van der Waals surface area contributed by atoms with E-state index < -0.39 is 0 Å². The third-order valence-electron chi connectivity index (χ3n) is 5.64. The largest absolute Gasteiger partial charge is 0.446 e. The smallest absolute Gasteiger partial charge is 0.265 e. The first-order valence-corrected chi connectivity index (χ1v) is 10.8. The van der Waals surface area contributed by atoms with Crippen LogP contribution in [0.3, 0.4) is 0 Å². The fraction of sp³-hybridized carbons (Fsp3) is 0.280. The van der Waals surface area contributed by atoms with Crippen molar-refractivity contribution in [2.45, 2.75) is 32.5 Å². The molecule has 1 unspecified atom stereocenters. The molecule has 0 spiro atoms. The molecule has 166 valence electrons. The zero-order valence-electron chi connectivity index (χ0n) is 18.1. The average Bonchev–Trinajstić information content (AvgIpc) is 3.28. The van der Waals surface area contributed by atoms with Gasteiger partial charge in [0.25, 0.3) is 5.56 Å². The lowest BCUT2D eigenvalue weighted by Crippen LogP contribution is -2.37. The van der Waals surface area contributed by atoms with Crippen molar-refractivity contribution in [3.05, 3.63) is 100 Å². The molecule has 0 aliphatic rings. The van der Waals surface area contributed by atoms with Gasteiger partial charge in [0.05, 0.1) is 18.8 Å². The van der Waals surface area contributed by atoms with Gasteiger partial charge >= 0.3 is 0 Å². The van der Waals surface area contributed by atoms with Gasteiger partial charge in [-0.15, -0.1) is 0 Å². The van der Waals surface area contributed by atoms with Gasteiger partial charge in [-0.05, 0) is 35.7 Å². The van der Waals surface area contributed by atoms with Crippen molar-refractivity contribution in [2.24, 2.45) is 5.73 Å². The number of nitrogens with zero attached hydrogens (tertiary/aromatic N) is 3. The predicted molar refractivity (Wildman–Crippen MR) is 123 cm³/mol. The maximum atomic E-state index is 13.4. The highest BCUT2D eigenvalue weighted by Crippen LogP contribution is 2.26. The lowest BCUT2D eigenvalue weighted by atomic mass is 10.1. The van der Waals surface area contributed by atoms with Crippen LogP contribution in [-0.2, 0) is 13.1 Å². The molecule has 0 radical (unpaired) electrons. The summed E-state index contributed by atoms with van der Waals surface area (Å²) in [6.45, 7) is 4.08. The summed E-state index contributed by atoms with van der Waals surface area (Å²) in [4.78, 5) is 20.4. The summed E-state index contributed by atoms with van der Waals surface area (Å²) < 4.78 is 20.6. The fourth-order valence-corrected chi connectivity index (χ4v) is 4.08. The van der Waals surface area contributed by atoms with Gasteiger partial charge in [-0.3, -0.25) is 14.3 Å². The summed E-state index contributed by atoms with van der Waals surface area (Å²) in [5.41, 5.74) is 8.12. The lowest BCUT2D eigenvalue weighted by molar-refractivity contribution is 0.176. The van der Waals surface area contributed by atoms with Gasteiger partial charge in [0.2, 0.25) is 5.71 Å². The number of rotatable bonds is 9. The Balaban J connectivity index is 1.79. The van der Waals surface area contributed by atoms with Crippen molar-refractivity contribution >= 4 is 11.1 Å². The van der Waals surface area contributed by atoms with Gasteiger partial charge in [0.1, 0.15) is 17.0 Å². The summed E-state index contributed by atoms with van der Waals surface area (Å²) in [6.07, 6.45) is 2.21. The molecule has 4 rings (SSSR count). The lowest BCUT2D eigenvalue weighted by Gasteiger charge is -2.31. The van der Waals surface area contributed by atoms with Crippen molar-refractivity contribution < 1.29 is 8.81 Å². The molecule has 0 saturated heterocycles. The molecule has 2 heterocycles. The first kappa shape index (κ1) is 21.9. The van der Waals surface area contributed by atoms with Crippen LogP contribution in [0.25, 0.3) is 11.1 Å². The number of hydrogen-bond acceptors (Lipinski definition) is 5. The maximum Gasteiger partial charge on any atom is 0.265 e. The molecule has 7 heteroatoms. The molecule has 32 heavy (non-hydrogen) atoms. The van der Waals surface area contributed by atoms with E-state index in [0.717, 1.165) is 11.1 Å². The highest BCUT2D eigenvalue weighted by molar-refractivity contribution is 5.71. The van der Waals surface area contributed by atoms with Crippen LogP contribution < -0.4 is 11.3 Å². The molecular weight excluding hydrogens is 407 g/mol. The van der Waals surface area contributed by atoms with Crippen LogP contribution in [0.1, 0.15) is 36.3 Å². The first-order chi connectivity index (χ1) is 15.6. The third kappa shape index (κ3) is 4.64. The molecule has 0 bridgehead atoms. The minimum Gasteiger partial charge on any atom is -0.446 e. The number of nitrogens with two attached hydrogens (primary N) is 1. The molecule has 2 N–H and O–H groups in total. The molecule has 6 nitrogen and oxygen atoms in total. The number of halogens is 1. The van der Waals surface area contributed by atoms with Crippen LogP contribution in [0.5, 0.6) is 0 Å². The monoisotopic (exact) mass is 434 g/mol. The number of benzene rings is 2. The van der Waals surface area contributed by atoms with Gasteiger partial charge in [-0.25, -0.2) is 4.39 Å². The Hall–Kier alpha value is -3.29. The van der Waals surface area contributed by atoms with Crippen LogP contribution in [0, 0.1) is 5.82 Å². The Bertz CT molecular complexity index is 1220. The van der Waals surface area contributed by atoms with Crippen molar-refractivity contribution in [2.75, 3.05) is 13.1 Å². The highest BCUT2D eigenvalue weighted by Gasteiger charge is 2.25. The van der Waals surface area contributed by atoms with E-state index in [2.05, 4.69) is 11.8 Å². The second-order valence-electron chi connectivity index (χ2n) is 7.80. The van der Waals surface area contributed by atoms with Gasteiger partial charge in [0, 0.05) is 19.6 Å². The zero-order valence-corrected chi connectivity index (χ0v) is 18.1. The van der Waals surface area contributed by atoms with E-state index in [4.69, 9.17) is 15.1 Å². The third-order valence-corrected chi connectivity index (χ3v) is 5.64. The summed E-state index contributed by atoms with van der Waals surface area (Å²) in [5.74, 6) is 0.368. The number of aromatic nitrogens is 2. The molecule has 4 aromatic rings. The predicted octanol–water partition coefficient (Wildman–Crippen LogP) is 4.09. The van der Waals surface area contributed by atoms with Crippen molar-refractivity contribution in [1.29, 1.82) is 0 Å². The Labute approximate surface area is 186 Å². The van der Waals surface area contributed by atoms with Crippen LogP contribution >= 0.6 is 0 Å². The Morgan fingerprint density at radius 3 is 2.53 bits per heavy atom. The minimum absolute atomic E-state index is 0.129. The van der Waals surface area contributed by atoms with Crippen LogP contribution in [-0.4, -0.2) is 27.5 Å². The Kier molecular flexibility index (Phi) is 6.78. The van der Waals surface area contributed by atoms with Crippen LogP contribution in [0.2, 0.25) is 0 Å². The molecule has 0 fully saturated rings. The summed E-state index contributed by atoms with van der Waals surface area (Å²) in [5, 5.41) is 0.462. The standard InChI is InChI=1S/C25H27FN4O2/c1-2-22(29(14-13-27)16-19-8-10-20(26)11-9-19)23-28-24-21(12-15-32-24)25(31)30(23)17-18-6-4-3-5-7-18/h3-12,15,22H,2,13-14,16-17,27H2,1H3. The van der Waals surface area contributed by atoms with E-state index in [1.807, 2.05) is 30.3 Å². The van der Waals surface area contributed by atoms with Gasteiger partial charge in [-0.2, -0.15) is 4.98 Å². The van der Waals surface area contributed by atoms with Crippen molar-refractivity contribution in [3.63, 3.8) is 0 Å². The highest BCUT2D eigenvalue weighted by atomic mass is 19.1. The maximum absolute atomic E-state index is 13.4. The number of furan rings is 1. The molecule has 0 aliphatic heterocycles. The second kappa shape index (κ2) is 9.89. The summed E-state index contributed by atoms with van der Waals surface area (Å²) in [6, 6.07) is 17.8. The molecule has 2 aromatic heterocycles. The quantitative estimate of drug-likeness (QED) is 0.429. The molecule has 2 aromatic carbocycles. The SMILES string of the molecule is CCC(c1nc2occc2c(=O)n1Cc1ccccc1)N(CCN)Cc1ccc(F)cc1. The normalized spacial score (nSPS) is 12.5. The van der Waals surface area contributed by atoms with Crippen LogP contribution in [0.4, 0.5) is 4.39 Å². The van der Waals surface area contributed by atoms with E-state index >= 15 is 0 Å². The molecule has 1 atom stereocenters. The van der Waals surface area contributed by atoms with Gasteiger partial charge < -0.3 is 10.2 Å². The molecule has 0 amide bonds. The topological polar surface area (TPSA) is 77.3 Å². The minimum atomic E-state index is -0.271. The average molecular weight is 435 g/mol. The van der Waals surface area contributed by atoms with Crippen LogP contribution in [0.15, 0.2) is 76.1 Å². The molecule has 0 aliphatic carbocycles. The fourth-order valence-electron chi connectivity index (χ4n) is 4.08. The number of fused-ring (bicyclic) bond motifs is 1. The van der Waals surface area contributed by atoms with E-state index in [9.17, 15) is 9.18 Å². The van der Waals surface area contributed by atoms with E-state index in [-0.39, 0.29) is 17.4 Å².